The third-order valence-corrected chi connectivity index (χ3v) is 4.86. The number of hydrogen-bond donors (Lipinski definition) is 2. The number of thiophene rings is 1. The highest BCUT2D eigenvalue weighted by atomic mass is 32.1. The molecule has 21 heavy (non-hydrogen) atoms. The Labute approximate surface area is 128 Å². The molecule has 1 atom stereocenters. The molecule has 1 saturated heterocycles. The fraction of sp³-hybridized carbons (Fsp3) is 0.571. The minimum absolute atomic E-state index is 0.205. The van der Waals surface area contributed by atoms with Crippen molar-refractivity contribution in [2.75, 3.05) is 37.8 Å². The maximum absolute atomic E-state index is 12.1. The van der Waals surface area contributed by atoms with Crippen molar-refractivity contribution in [1.82, 2.24) is 4.90 Å². The summed E-state index contributed by atoms with van der Waals surface area (Å²) in [5.74, 6) is -0.205. The fourth-order valence-corrected chi connectivity index (χ4v) is 3.74. The van der Waals surface area contributed by atoms with E-state index in [4.69, 9.17) is 5.73 Å². The molecule has 7 heteroatoms. The number of hydrogen-bond acceptors (Lipinski definition) is 6. The van der Waals surface area contributed by atoms with Crippen molar-refractivity contribution >= 4 is 27.9 Å². The van der Waals surface area contributed by atoms with Gasteiger partial charge in [0.15, 0.2) is 0 Å². The largest absolute Gasteiger partial charge is 0.396 e. The van der Waals surface area contributed by atoms with Crippen molar-refractivity contribution in [1.29, 1.82) is 5.26 Å². The zero-order chi connectivity index (χ0) is 15.8. The van der Waals surface area contributed by atoms with Gasteiger partial charge in [-0.2, -0.15) is 5.26 Å². The Morgan fingerprint density at radius 1 is 1.57 bits per heavy atom. The van der Waals surface area contributed by atoms with Gasteiger partial charge in [-0.3, -0.25) is 4.79 Å². The molecule has 0 radical (unpaired) electrons. The molecule has 1 aliphatic heterocycles. The van der Waals surface area contributed by atoms with E-state index in [9.17, 15) is 15.2 Å². The summed E-state index contributed by atoms with van der Waals surface area (Å²) in [6.07, 6.45) is 1.57. The molecular formula is C14H20N4O2S. The molecule has 2 heterocycles. The van der Waals surface area contributed by atoms with E-state index in [-0.39, 0.29) is 11.6 Å². The average Bonchev–Trinajstić information content (AvgIpc) is 2.73. The standard InChI is InChI=1S/C14H20N4O2S/c1-14(20)5-4-6-18(8-14)13-9(7-15)10(16)11(21-13)12(19)17(2)3/h20H,4-6,8,16H2,1-3H3. The fourth-order valence-electron chi connectivity index (χ4n) is 2.52. The summed E-state index contributed by atoms with van der Waals surface area (Å²) in [7, 11) is 3.30. The number of β-amino-alcohol motifs (C(OH)–C–C–N with tert-alkyl or cyclic N) is 1. The number of nitrogens with two attached hydrogens (primary N) is 1. The van der Waals surface area contributed by atoms with Crippen molar-refractivity contribution in [3.05, 3.63) is 10.4 Å². The van der Waals surface area contributed by atoms with Gasteiger partial charge in [-0.05, 0) is 19.8 Å². The number of nitrogen functional groups attached to an aromatic ring is 1. The predicted octanol–water partition coefficient (Wildman–Crippen LogP) is 1.25. The highest BCUT2D eigenvalue weighted by Crippen LogP contribution is 2.40. The van der Waals surface area contributed by atoms with Gasteiger partial charge < -0.3 is 20.6 Å². The van der Waals surface area contributed by atoms with Gasteiger partial charge in [0.1, 0.15) is 21.5 Å². The van der Waals surface area contributed by atoms with E-state index in [1.165, 1.54) is 16.2 Å². The van der Waals surface area contributed by atoms with E-state index in [1.807, 2.05) is 4.90 Å². The van der Waals surface area contributed by atoms with Crippen LogP contribution in [0.2, 0.25) is 0 Å². The lowest BCUT2D eigenvalue weighted by molar-refractivity contribution is 0.0451. The van der Waals surface area contributed by atoms with Crippen LogP contribution < -0.4 is 10.6 Å². The van der Waals surface area contributed by atoms with Crippen LogP contribution in [0.1, 0.15) is 35.0 Å². The number of piperidine rings is 1. The second kappa shape index (κ2) is 5.54. The van der Waals surface area contributed by atoms with E-state index in [2.05, 4.69) is 6.07 Å². The quantitative estimate of drug-likeness (QED) is 0.857. The van der Waals surface area contributed by atoms with Gasteiger partial charge in [0.2, 0.25) is 0 Å². The predicted molar refractivity (Wildman–Crippen MR) is 83.5 cm³/mol. The van der Waals surface area contributed by atoms with Crippen LogP contribution in [-0.4, -0.2) is 48.7 Å². The molecule has 1 aliphatic rings. The molecule has 0 aliphatic carbocycles. The smallest absolute Gasteiger partial charge is 0.265 e. The monoisotopic (exact) mass is 308 g/mol. The summed E-state index contributed by atoms with van der Waals surface area (Å²) in [6.45, 7) is 2.98. The number of amides is 1. The summed E-state index contributed by atoms with van der Waals surface area (Å²) >= 11 is 1.23. The Balaban J connectivity index is 2.43. The first-order chi connectivity index (χ1) is 9.76. The van der Waals surface area contributed by atoms with Gasteiger partial charge in [0, 0.05) is 27.2 Å². The normalized spacial score (nSPS) is 22.0. The van der Waals surface area contributed by atoms with Crippen molar-refractivity contribution in [2.45, 2.75) is 25.4 Å². The third-order valence-electron chi connectivity index (χ3n) is 3.60. The summed E-state index contributed by atoms with van der Waals surface area (Å²) in [5, 5.41) is 20.3. The van der Waals surface area contributed by atoms with Gasteiger partial charge in [-0.15, -0.1) is 11.3 Å². The number of nitriles is 1. The zero-order valence-electron chi connectivity index (χ0n) is 12.5. The summed E-state index contributed by atoms with van der Waals surface area (Å²) in [6, 6.07) is 2.09. The van der Waals surface area contributed by atoms with Crippen LogP contribution in [0.3, 0.4) is 0 Å². The van der Waals surface area contributed by atoms with E-state index in [0.29, 0.717) is 22.0 Å². The second-order valence-electron chi connectivity index (χ2n) is 5.86. The van der Waals surface area contributed by atoms with E-state index >= 15 is 0 Å². The molecule has 1 amide bonds. The molecule has 114 valence electrons. The van der Waals surface area contributed by atoms with Crippen molar-refractivity contribution in [3.8, 4) is 6.07 Å². The van der Waals surface area contributed by atoms with Crippen molar-refractivity contribution < 1.29 is 9.90 Å². The first kappa shape index (κ1) is 15.6. The first-order valence-corrected chi connectivity index (χ1v) is 7.60. The van der Waals surface area contributed by atoms with Crippen LogP contribution in [0.4, 0.5) is 10.7 Å². The van der Waals surface area contributed by atoms with E-state index < -0.39 is 5.60 Å². The molecule has 3 N–H and O–H groups in total. The Kier molecular flexibility index (Phi) is 4.12. The maximum Gasteiger partial charge on any atom is 0.265 e. The van der Waals surface area contributed by atoms with Crippen LogP contribution in [-0.2, 0) is 0 Å². The molecule has 1 aromatic rings. The maximum atomic E-state index is 12.1. The lowest BCUT2D eigenvalue weighted by Gasteiger charge is -2.37. The molecule has 2 rings (SSSR count). The topological polar surface area (TPSA) is 93.6 Å². The molecule has 0 saturated carbocycles. The van der Waals surface area contributed by atoms with Gasteiger partial charge >= 0.3 is 0 Å². The van der Waals surface area contributed by atoms with Gasteiger partial charge in [-0.25, -0.2) is 0 Å². The Morgan fingerprint density at radius 2 is 2.24 bits per heavy atom. The molecular weight excluding hydrogens is 288 g/mol. The van der Waals surface area contributed by atoms with Crippen LogP contribution in [0.5, 0.6) is 0 Å². The molecule has 0 spiro atoms. The number of carbonyl (C=O) groups excluding carboxylic acids is 1. The number of anilines is 2. The minimum atomic E-state index is -0.782. The number of aliphatic hydroxyl groups is 1. The Bertz CT molecular complexity index is 601. The van der Waals surface area contributed by atoms with E-state index in [1.54, 1.807) is 21.0 Å². The molecule has 1 aromatic heterocycles. The lowest BCUT2D eigenvalue weighted by atomic mass is 9.95. The molecule has 0 bridgehead atoms. The molecule has 6 nitrogen and oxygen atoms in total. The van der Waals surface area contributed by atoms with Crippen molar-refractivity contribution in [2.24, 2.45) is 0 Å². The van der Waals surface area contributed by atoms with E-state index in [0.717, 1.165) is 19.4 Å². The number of rotatable bonds is 2. The Morgan fingerprint density at radius 3 is 2.76 bits per heavy atom. The lowest BCUT2D eigenvalue weighted by Crippen LogP contribution is -2.46. The molecule has 0 aromatic carbocycles. The average molecular weight is 308 g/mol. The summed E-state index contributed by atoms with van der Waals surface area (Å²) in [4.78, 5) is 15.9. The zero-order valence-corrected chi connectivity index (χ0v) is 13.3. The molecule has 1 unspecified atom stereocenters. The number of nitrogens with zero attached hydrogens (tertiary/aromatic N) is 3. The van der Waals surface area contributed by atoms with Crippen LogP contribution in [0, 0.1) is 11.3 Å². The van der Waals surface area contributed by atoms with Crippen LogP contribution >= 0.6 is 11.3 Å². The third kappa shape index (κ3) is 2.96. The highest BCUT2D eigenvalue weighted by Gasteiger charge is 2.32. The second-order valence-corrected chi connectivity index (χ2v) is 6.86. The SMILES string of the molecule is CN(C)C(=O)c1sc(N2CCCC(C)(O)C2)c(C#N)c1N. The molecule has 1 fully saturated rings. The van der Waals surface area contributed by atoms with Crippen molar-refractivity contribution in [3.63, 3.8) is 0 Å². The van der Waals surface area contributed by atoms with Gasteiger partial charge in [-0.1, -0.05) is 0 Å². The minimum Gasteiger partial charge on any atom is -0.396 e. The first-order valence-electron chi connectivity index (χ1n) is 6.78. The van der Waals surface area contributed by atoms with Crippen LogP contribution in [0.15, 0.2) is 0 Å². The van der Waals surface area contributed by atoms with Gasteiger partial charge in [0.25, 0.3) is 5.91 Å². The van der Waals surface area contributed by atoms with Gasteiger partial charge in [0.05, 0.1) is 11.3 Å². The Hall–Kier alpha value is -1.78. The summed E-state index contributed by atoms with van der Waals surface area (Å²) in [5.41, 5.74) is 5.77. The number of carbonyl (C=O) groups is 1. The highest BCUT2D eigenvalue weighted by molar-refractivity contribution is 7.19. The summed E-state index contributed by atoms with van der Waals surface area (Å²) < 4.78 is 0. The van der Waals surface area contributed by atoms with Crippen LogP contribution in [0.25, 0.3) is 0 Å².